The Morgan fingerprint density at radius 2 is 1.84 bits per heavy atom. The van der Waals surface area contributed by atoms with Crippen LogP contribution in [0, 0.1) is 5.92 Å². The van der Waals surface area contributed by atoms with Gasteiger partial charge in [-0.1, -0.05) is 29.8 Å². The Hall–Kier alpha value is -2.33. The second-order valence-electron chi connectivity index (χ2n) is 7.57. The third-order valence-corrected chi connectivity index (χ3v) is 7.40. The number of rotatable bonds is 7. The van der Waals surface area contributed by atoms with Crippen LogP contribution in [0.5, 0.6) is 0 Å². The number of sulfone groups is 1. The number of carbonyl (C=O) groups excluding carboxylic acids is 1. The van der Waals surface area contributed by atoms with Crippen LogP contribution in [-0.4, -0.2) is 44.7 Å². The fraction of sp³-hybridized carbons (Fsp3) is 0.429. The zero-order valence-corrected chi connectivity index (χ0v) is 18.7. The molecule has 0 atom stereocenters. The number of benzene rings is 1. The third kappa shape index (κ3) is 6.13. The first-order valence-corrected chi connectivity index (χ1v) is 12.1. The molecule has 0 saturated carbocycles. The SMILES string of the molecule is O=C(NCCCS(=O)(=O)c1ccccc1)C1CCN(c2ncc(C(F)(F)F)cc2Cl)CC1. The maximum Gasteiger partial charge on any atom is 0.417 e. The summed E-state index contributed by atoms with van der Waals surface area (Å²) < 4.78 is 62.8. The van der Waals surface area contributed by atoms with E-state index >= 15 is 0 Å². The van der Waals surface area contributed by atoms with Gasteiger partial charge < -0.3 is 10.2 Å². The van der Waals surface area contributed by atoms with E-state index < -0.39 is 21.6 Å². The Labute approximate surface area is 189 Å². The van der Waals surface area contributed by atoms with Crippen LogP contribution in [-0.2, 0) is 20.8 Å². The molecule has 32 heavy (non-hydrogen) atoms. The molecule has 0 aliphatic carbocycles. The van der Waals surface area contributed by atoms with Gasteiger partial charge in [0.2, 0.25) is 5.91 Å². The number of nitrogens with one attached hydrogen (secondary N) is 1. The van der Waals surface area contributed by atoms with Crippen molar-refractivity contribution in [2.45, 2.75) is 30.3 Å². The highest BCUT2D eigenvalue weighted by atomic mass is 35.5. The van der Waals surface area contributed by atoms with Crippen molar-refractivity contribution in [1.29, 1.82) is 0 Å². The van der Waals surface area contributed by atoms with E-state index in [1.165, 1.54) is 0 Å². The molecule has 1 amide bonds. The number of hydrogen-bond donors (Lipinski definition) is 1. The smallest absolute Gasteiger partial charge is 0.356 e. The molecule has 11 heteroatoms. The minimum absolute atomic E-state index is 0.0617. The summed E-state index contributed by atoms with van der Waals surface area (Å²) in [6, 6.07) is 9.00. The van der Waals surface area contributed by atoms with E-state index in [0.717, 1.165) is 12.3 Å². The van der Waals surface area contributed by atoms with Gasteiger partial charge in [0.1, 0.15) is 5.82 Å². The molecule has 6 nitrogen and oxygen atoms in total. The average Bonchev–Trinajstić information content (AvgIpc) is 2.76. The number of aromatic nitrogens is 1. The molecule has 1 aromatic carbocycles. The van der Waals surface area contributed by atoms with Gasteiger partial charge in [-0.25, -0.2) is 13.4 Å². The molecule has 3 rings (SSSR count). The summed E-state index contributed by atoms with van der Waals surface area (Å²) in [5.74, 6) is -0.212. The van der Waals surface area contributed by atoms with Crippen molar-refractivity contribution in [3.8, 4) is 0 Å². The Kier molecular flexibility index (Phi) is 7.66. The maximum absolute atomic E-state index is 12.8. The Balaban J connectivity index is 1.45. The van der Waals surface area contributed by atoms with E-state index in [0.29, 0.717) is 32.4 Å². The first-order valence-electron chi connectivity index (χ1n) is 10.1. The zero-order valence-electron chi connectivity index (χ0n) is 17.1. The van der Waals surface area contributed by atoms with Crippen LogP contribution >= 0.6 is 11.6 Å². The van der Waals surface area contributed by atoms with Crippen LogP contribution in [0.25, 0.3) is 0 Å². The predicted molar refractivity (Wildman–Crippen MR) is 115 cm³/mol. The monoisotopic (exact) mass is 489 g/mol. The van der Waals surface area contributed by atoms with Gasteiger partial charge in [-0.2, -0.15) is 13.2 Å². The number of hydrogen-bond acceptors (Lipinski definition) is 5. The van der Waals surface area contributed by atoms with Gasteiger partial charge in [0.25, 0.3) is 0 Å². The van der Waals surface area contributed by atoms with Gasteiger partial charge in [-0.15, -0.1) is 0 Å². The fourth-order valence-corrected chi connectivity index (χ4v) is 5.15. The molecule has 1 fully saturated rings. The van der Waals surface area contributed by atoms with Crippen LogP contribution in [0.2, 0.25) is 5.02 Å². The van der Waals surface area contributed by atoms with E-state index in [1.807, 2.05) is 0 Å². The van der Waals surface area contributed by atoms with E-state index in [2.05, 4.69) is 10.3 Å². The minimum Gasteiger partial charge on any atom is -0.356 e. The summed E-state index contributed by atoms with van der Waals surface area (Å²) in [6.45, 7) is 1.11. The Morgan fingerprint density at radius 3 is 2.44 bits per heavy atom. The summed E-state index contributed by atoms with van der Waals surface area (Å²) in [5, 5.41) is 2.70. The molecule has 1 aliphatic heterocycles. The lowest BCUT2D eigenvalue weighted by atomic mass is 9.96. The Bertz CT molecular complexity index is 1040. The second kappa shape index (κ2) is 10.1. The third-order valence-electron chi connectivity index (χ3n) is 5.31. The summed E-state index contributed by atoms with van der Waals surface area (Å²) in [6.07, 6.45) is -2.47. The number of nitrogens with zero attached hydrogens (tertiary/aromatic N) is 2. The molecule has 2 heterocycles. The van der Waals surface area contributed by atoms with Crippen molar-refractivity contribution in [2.24, 2.45) is 5.92 Å². The first kappa shape index (κ1) is 24.3. The average molecular weight is 490 g/mol. The predicted octanol–water partition coefficient (Wildman–Crippen LogP) is 3.95. The van der Waals surface area contributed by atoms with E-state index in [4.69, 9.17) is 11.6 Å². The molecule has 1 aliphatic rings. The quantitative estimate of drug-likeness (QED) is 0.596. The molecule has 174 valence electrons. The van der Waals surface area contributed by atoms with Crippen molar-refractivity contribution in [3.63, 3.8) is 0 Å². The number of piperidine rings is 1. The molecule has 1 aromatic heterocycles. The highest BCUT2D eigenvalue weighted by Gasteiger charge is 2.33. The highest BCUT2D eigenvalue weighted by Crippen LogP contribution is 2.34. The van der Waals surface area contributed by atoms with Crippen molar-refractivity contribution in [2.75, 3.05) is 30.3 Å². The zero-order chi connectivity index (χ0) is 23.4. The van der Waals surface area contributed by atoms with Gasteiger partial charge in [0.15, 0.2) is 9.84 Å². The van der Waals surface area contributed by atoms with Crippen molar-refractivity contribution in [3.05, 3.63) is 53.2 Å². The lowest BCUT2D eigenvalue weighted by Gasteiger charge is -2.32. The van der Waals surface area contributed by atoms with E-state index in [-0.39, 0.29) is 39.9 Å². The van der Waals surface area contributed by atoms with Crippen LogP contribution in [0.4, 0.5) is 19.0 Å². The maximum atomic E-state index is 12.8. The highest BCUT2D eigenvalue weighted by molar-refractivity contribution is 7.91. The molecular formula is C21H23ClF3N3O3S. The van der Waals surface area contributed by atoms with Crippen LogP contribution in [0.3, 0.4) is 0 Å². The van der Waals surface area contributed by atoms with Gasteiger partial charge in [-0.05, 0) is 37.5 Å². The number of halogens is 4. The first-order chi connectivity index (χ1) is 15.1. The molecule has 0 spiro atoms. The van der Waals surface area contributed by atoms with Gasteiger partial charge >= 0.3 is 6.18 Å². The topological polar surface area (TPSA) is 79.4 Å². The van der Waals surface area contributed by atoms with E-state index in [1.54, 1.807) is 35.2 Å². The number of anilines is 1. The van der Waals surface area contributed by atoms with Crippen LogP contribution in [0.1, 0.15) is 24.8 Å². The van der Waals surface area contributed by atoms with Gasteiger partial charge in [0, 0.05) is 31.7 Å². The second-order valence-corrected chi connectivity index (χ2v) is 10.1. The van der Waals surface area contributed by atoms with Crippen molar-refractivity contribution in [1.82, 2.24) is 10.3 Å². The number of pyridine rings is 1. The number of amides is 1. The lowest BCUT2D eigenvalue weighted by Crippen LogP contribution is -2.41. The number of alkyl halides is 3. The van der Waals surface area contributed by atoms with Gasteiger partial charge in [0.05, 0.1) is 21.2 Å². The summed E-state index contributed by atoms with van der Waals surface area (Å²) >= 11 is 6.00. The number of carbonyl (C=O) groups is 1. The minimum atomic E-state index is -4.51. The standard InChI is InChI=1S/C21H23ClF3N3O3S/c22-18-13-16(21(23,24)25)14-27-19(18)28-10-7-15(8-11-28)20(29)26-9-4-12-32(30,31)17-5-2-1-3-6-17/h1-3,5-6,13-15H,4,7-12H2,(H,26,29). The fourth-order valence-electron chi connectivity index (χ4n) is 3.54. The molecule has 1 saturated heterocycles. The summed E-state index contributed by atoms with van der Waals surface area (Å²) in [5.41, 5.74) is -0.908. The molecule has 2 aromatic rings. The molecular weight excluding hydrogens is 467 g/mol. The van der Waals surface area contributed by atoms with Crippen LogP contribution < -0.4 is 10.2 Å². The molecule has 0 radical (unpaired) electrons. The van der Waals surface area contributed by atoms with Crippen LogP contribution in [0.15, 0.2) is 47.5 Å². The lowest BCUT2D eigenvalue weighted by molar-refractivity contribution is -0.137. The largest absolute Gasteiger partial charge is 0.417 e. The van der Waals surface area contributed by atoms with Crippen molar-refractivity contribution < 1.29 is 26.4 Å². The molecule has 0 bridgehead atoms. The molecule has 1 N–H and O–H groups in total. The molecule has 0 unspecified atom stereocenters. The van der Waals surface area contributed by atoms with E-state index in [9.17, 15) is 26.4 Å². The summed E-state index contributed by atoms with van der Waals surface area (Å²) in [4.78, 5) is 18.3. The summed E-state index contributed by atoms with van der Waals surface area (Å²) in [7, 11) is -3.39. The normalized spacial score (nSPS) is 15.6. The van der Waals surface area contributed by atoms with Gasteiger partial charge in [-0.3, -0.25) is 4.79 Å². The Morgan fingerprint density at radius 1 is 1.19 bits per heavy atom. The van der Waals surface area contributed by atoms with Crippen molar-refractivity contribution >= 4 is 33.2 Å².